The van der Waals surface area contributed by atoms with Gasteiger partial charge in [-0.05, 0) is 82.2 Å². The lowest BCUT2D eigenvalue weighted by atomic mass is 9.92. The van der Waals surface area contributed by atoms with E-state index in [1.165, 1.54) is 10.8 Å². The van der Waals surface area contributed by atoms with Crippen LogP contribution >= 0.6 is 0 Å². The summed E-state index contributed by atoms with van der Waals surface area (Å²) in [6.07, 6.45) is 0. The minimum atomic E-state index is 0.878. The van der Waals surface area contributed by atoms with Gasteiger partial charge in [0.1, 0.15) is 11.2 Å². The molecule has 0 fully saturated rings. The van der Waals surface area contributed by atoms with E-state index in [0.717, 1.165) is 78.1 Å². The highest BCUT2D eigenvalue weighted by Gasteiger charge is 2.17. The van der Waals surface area contributed by atoms with Crippen molar-refractivity contribution in [1.29, 1.82) is 0 Å². The summed E-state index contributed by atoms with van der Waals surface area (Å²) in [4.78, 5) is 0. The molecule has 232 valence electrons. The fraction of sp³-hybridized carbons (Fsp3) is 0. The number of rotatable bonds is 7. The van der Waals surface area contributed by atoms with Crippen LogP contribution in [0.3, 0.4) is 0 Å². The number of hydrogen-bond acceptors (Lipinski definition) is 3. The number of anilines is 4. The number of benzene rings is 8. The zero-order valence-electron chi connectivity index (χ0n) is 26.7. The SMILES string of the molecule is c1ccc(Nc2ccc(-c3ccc(Nc4cccc5ccccc45)c(-c4cccc5oc6ccccc6c45)c3)cc2-c2ccccc2)cc1. The molecule has 3 heteroatoms. The number of hydrogen-bond donors (Lipinski definition) is 2. The first-order chi connectivity index (χ1) is 24.3. The van der Waals surface area contributed by atoms with Crippen LogP contribution < -0.4 is 10.6 Å². The zero-order chi connectivity index (χ0) is 32.6. The predicted octanol–water partition coefficient (Wildman–Crippen LogP) is 13.2. The van der Waals surface area contributed by atoms with Gasteiger partial charge in [-0.25, -0.2) is 0 Å². The Kier molecular flexibility index (Phi) is 7.14. The van der Waals surface area contributed by atoms with Crippen LogP contribution in [0.1, 0.15) is 0 Å². The summed E-state index contributed by atoms with van der Waals surface area (Å²) in [5.41, 5.74) is 12.8. The summed E-state index contributed by atoms with van der Waals surface area (Å²) in [6.45, 7) is 0. The molecule has 8 aromatic carbocycles. The van der Waals surface area contributed by atoms with Crippen LogP contribution in [0.25, 0.3) is 66.1 Å². The average molecular weight is 629 g/mol. The van der Waals surface area contributed by atoms with Crippen LogP contribution in [0.5, 0.6) is 0 Å². The molecular weight excluding hydrogens is 597 g/mol. The Hall–Kier alpha value is -6.58. The van der Waals surface area contributed by atoms with Crippen molar-refractivity contribution in [3.8, 4) is 33.4 Å². The summed E-state index contributed by atoms with van der Waals surface area (Å²) in [7, 11) is 0. The molecule has 3 nitrogen and oxygen atoms in total. The van der Waals surface area contributed by atoms with Crippen LogP contribution in [0.4, 0.5) is 22.7 Å². The summed E-state index contributed by atoms with van der Waals surface area (Å²) in [5.74, 6) is 0. The number of nitrogens with one attached hydrogen (secondary N) is 2. The quantitative estimate of drug-likeness (QED) is 0.184. The van der Waals surface area contributed by atoms with Gasteiger partial charge in [0.05, 0.1) is 0 Å². The molecule has 0 spiro atoms. The van der Waals surface area contributed by atoms with E-state index in [4.69, 9.17) is 4.42 Å². The number of fused-ring (bicyclic) bond motifs is 4. The van der Waals surface area contributed by atoms with Gasteiger partial charge >= 0.3 is 0 Å². The Morgan fingerprint density at radius 3 is 1.78 bits per heavy atom. The van der Waals surface area contributed by atoms with Crippen molar-refractivity contribution in [3.63, 3.8) is 0 Å². The van der Waals surface area contributed by atoms with Crippen LogP contribution in [0, 0.1) is 0 Å². The second kappa shape index (κ2) is 12.2. The van der Waals surface area contributed by atoms with Gasteiger partial charge in [-0.1, -0.05) is 127 Å². The fourth-order valence-electron chi connectivity index (χ4n) is 6.90. The molecule has 0 unspecified atom stereocenters. The third kappa shape index (κ3) is 5.38. The van der Waals surface area contributed by atoms with Gasteiger partial charge in [-0.2, -0.15) is 0 Å². The van der Waals surface area contributed by atoms with E-state index in [-0.39, 0.29) is 0 Å². The summed E-state index contributed by atoms with van der Waals surface area (Å²) in [5, 5.41) is 12.1. The lowest BCUT2D eigenvalue weighted by molar-refractivity contribution is 0.669. The Morgan fingerprint density at radius 1 is 0.347 bits per heavy atom. The molecular formula is C46H32N2O. The van der Waals surface area contributed by atoms with E-state index < -0.39 is 0 Å². The van der Waals surface area contributed by atoms with Gasteiger partial charge in [0.15, 0.2) is 0 Å². The molecule has 1 heterocycles. The second-order valence-corrected chi connectivity index (χ2v) is 12.3. The Labute approximate surface area is 285 Å². The van der Waals surface area contributed by atoms with Gasteiger partial charge in [0, 0.05) is 50.0 Å². The van der Waals surface area contributed by atoms with Crippen LogP contribution in [0.15, 0.2) is 186 Å². The van der Waals surface area contributed by atoms with E-state index in [9.17, 15) is 0 Å². The van der Waals surface area contributed by atoms with Crippen molar-refractivity contribution in [2.24, 2.45) is 0 Å². The maximum Gasteiger partial charge on any atom is 0.136 e. The topological polar surface area (TPSA) is 37.2 Å². The average Bonchev–Trinajstić information content (AvgIpc) is 3.55. The Bertz CT molecular complexity index is 2600. The van der Waals surface area contributed by atoms with E-state index in [1.807, 2.05) is 18.2 Å². The normalized spacial score (nSPS) is 11.3. The van der Waals surface area contributed by atoms with Crippen molar-refractivity contribution in [2.75, 3.05) is 10.6 Å². The van der Waals surface area contributed by atoms with Crippen molar-refractivity contribution < 1.29 is 4.42 Å². The molecule has 9 aromatic rings. The van der Waals surface area contributed by atoms with E-state index in [1.54, 1.807) is 0 Å². The molecule has 49 heavy (non-hydrogen) atoms. The molecule has 0 saturated carbocycles. The second-order valence-electron chi connectivity index (χ2n) is 12.3. The van der Waals surface area contributed by atoms with E-state index in [2.05, 4.69) is 174 Å². The predicted molar refractivity (Wildman–Crippen MR) is 207 cm³/mol. The van der Waals surface area contributed by atoms with Gasteiger partial charge < -0.3 is 15.1 Å². The Balaban J connectivity index is 1.23. The van der Waals surface area contributed by atoms with Crippen LogP contribution in [-0.4, -0.2) is 0 Å². The highest BCUT2D eigenvalue weighted by atomic mass is 16.3. The van der Waals surface area contributed by atoms with Crippen LogP contribution in [-0.2, 0) is 0 Å². The maximum absolute atomic E-state index is 6.34. The molecule has 1 aromatic heterocycles. The van der Waals surface area contributed by atoms with Gasteiger partial charge in [-0.15, -0.1) is 0 Å². The summed E-state index contributed by atoms with van der Waals surface area (Å²) >= 11 is 0. The highest BCUT2D eigenvalue weighted by Crippen LogP contribution is 2.43. The monoisotopic (exact) mass is 628 g/mol. The molecule has 0 aliphatic carbocycles. The minimum Gasteiger partial charge on any atom is -0.456 e. The minimum absolute atomic E-state index is 0.878. The van der Waals surface area contributed by atoms with Crippen molar-refractivity contribution >= 4 is 55.5 Å². The smallest absolute Gasteiger partial charge is 0.136 e. The van der Waals surface area contributed by atoms with E-state index >= 15 is 0 Å². The third-order valence-corrected chi connectivity index (χ3v) is 9.26. The van der Waals surface area contributed by atoms with Crippen molar-refractivity contribution in [3.05, 3.63) is 182 Å². The molecule has 2 N–H and O–H groups in total. The van der Waals surface area contributed by atoms with Gasteiger partial charge in [0.2, 0.25) is 0 Å². The van der Waals surface area contributed by atoms with Crippen LogP contribution in [0.2, 0.25) is 0 Å². The van der Waals surface area contributed by atoms with Crippen molar-refractivity contribution in [1.82, 2.24) is 0 Å². The molecule has 0 bridgehead atoms. The lowest BCUT2D eigenvalue weighted by Crippen LogP contribution is -1.96. The molecule has 0 radical (unpaired) electrons. The summed E-state index contributed by atoms with van der Waals surface area (Å²) < 4.78 is 6.34. The molecule has 0 saturated heterocycles. The standard InChI is InChI=1S/C46H32N2O/c1-3-13-32(14-4-1)39-29-33(25-27-42(39)47-35-17-5-2-6-18-35)34-26-28-43(48-41-22-11-16-31-15-7-8-19-36(31)41)40(30-34)37-21-12-24-45-46(37)38-20-9-10-23-44(38)49-45/h1-30,47-48H. The fourth-order valence-corrected chi connectivity index (χ4v) is 6.90. The van der Waals surface area contributed by atoms with Gasteiger partial charge in [0.25, 0.3) is 0 Å². The zero-order valence-corrected chi connectivity index (χ0v) is 26.7. The molecule has 0 amide bonds. The molecule has 9 rings (SSSR count). The number of furan rings is 1. The number of para-hydroxylation sites is 2. The largest absolute Gasteiger partial charge is 0.456 e. The molecule has 0 atom stereocenters. The first kappa shape index (κ1) is 28.6. The first-order valence-electron chi connectivity index (χ1n) is 16.6. The third-order valence-electron chi connectivity index (χ3n) is 9.26. The van der Waals surface area contributed by atoms with Gasteiger partial charge in [-0.3, -0.25) is 0 Å². The molecule has 0 aliphatic heterocycles. The first-order valence-corrected chi connectivity index (χ1v) is 16.6. The Morgan fingerprint density at radius 2 is 0.959 bits per heavy atom. The summed E-state index contributed by atoms with van der Waals surface area (Å²) in [6, 6.07) is 64.0. The highest BCUT2D eigenvalue weighted by molar-refractivity contribution is 6.14. The van der Waals surface area contributed by atoms with Crippen molar-refractivity contribution in [2.45, 2.75) is 0 Å². The maximum atomic E-state index is 6.34. The molecule has 0 aliphatic rings. The van der Waals surface area contributed by atoms with E-state index in [0.29, 0.717) is 0 Å². The lowest BCUT2D eigenvalue weighted by Gasteiger charge is -2.18.